The molecule has 0 aromatic carbocycles. The van der Waals surface area contributed by atoms with E-state index in [-0.39, 0.29) is 11.6 Å². The highest BCUT2D eigenvalue weighted by molar-refractivity contribution is 7.09. The number of aromatic carboxylic acids is 1. The quantitative estimate of drug-likeness (QED) is 0.644. The van der Waals surface area contributed by atoms with E-state index in [2.05, 4.69) is 10.3 Å². The lowest BCUT2D eigenvalue weighted by atomic mass is 10.4. The number of carbonyl (C=O) groups is 2. The van der Waals surface area contributed by atoms with Crippen molar-refractivity contribution in [1.29, 1.82) is 0 Å². The normalized spacial score (nSPS) is 10.1. The number of amides is 1. The average molecular weight is 243 g/mol. The third-order valence-corrected chi connectivity index (χ3v) is 2.71. The van der Waals surface area contributed by atoms with Gasteiger partial charge in [0, 0.05) is 31.3 Å². The van der Waals surface area contributed by atoms with Crippen molar-refractivity contribution in [2.24, 2.45) is 5.73 Å². The van der Waals surface area contributed by atoms with Crippen molar-refractivity contribution in [1.82, 2.24) is 10.3 Å². The SMILES string of the molecule is NCCC(=O)NCCc1nc(C(=O)O)cs1. The lowest BCUT2D eigenvalue weighted by molar-refractivity contribution is -0.120. The van der Waals surface area contributed by atoms with E-state index in [1.807, 2.05) is 0 Å². The van der Waals surface area contributed by atoms with Gasteiger partial charge in [0.1, 0.15) is 0 Å². The van der Waals surface area contributed by atoms with E-state index in [0.717, 1.165) is 0 Å². The molecular weight excluding hydrogens is 230 g/mol. The Morgan fingerprint density at radius 3 is 2.88 bits per heavy atom. The Morgan fingerprint density at radius 2 is 2.31 bits per heavy atom. The third kappa shape index (κ3) is 3.95. The van der Waals surface area contributed by atoms with Crippen LogP contribution in [0.15, 0.2) is 5.38 Å². The second-order valence-corrected chi connectivity index (χ2v) is 4.01. The molecule has 0 saturated heterocycles. The summed E-state index contributed by atoms with van der Waals surface area (Å²) in [7, 11) is 0. The molecule has 1 aromatic heterocycles. The fourth-order valence-corrected chi connectivity index (χ4v) is 1.82. The largest absolute Gasteiger partial charge is 0.476 e. The van der Waals surface area contributed by atoms with E-state index in [9.17, 15) is 9.59 Å². The van der Waals surface area contributed by atoms with Crippen molar-refractivity contribution in [3.05, 3.63) is 16.1 Å². The molecule has 0 aliphatic carbocycles. The zero-order valence-electron chi connectivity index (χ0n) is 8.60. The van der Waals surface area contributed by atoms with Crippen LogP contribution in [0.1, 0.15) is 21.9 Å². The summed E-state index contributed by atoms with van der Waals surface area (Å²) < 4.78 is 0. The Morgan fingerprint density at radius 1 is 1.56 bits per heavy atom. The number of nitrogens with two attached hydrogens (primary N) is 1. The Kier molecular flexibility index (Phi) is 4.87. The summed E-state index contributed by atoms with van der Waals surface area (Å²) in [5.74, 6) is -1.13. The van der Waals surface area contributed by atoms with E-state index in [1.165, 1.54) is 16.7 Å². The zero-order chi connectivity index (χ0) is 12.0. The van der Waals surface area contributed by atoms with Crippen LogP contribution in [0.3, 0.4) is 0 Å². The van der Waals surface area contributed by atoms with Crippen molar-refractivity contribution in [2.75, 3.05) is 13.1 Å². The number of hydrogen-bond donors (Lipinski definition) is 3. The predicted molar refractivity (Wildman–Crippen MR) is 59.5 cm³/mol. The van der Waals surface area contributed by atoms with Gasteiger partial charge in [0.15, 0.2) is 5.69 Å². The fourth-order valence-electron chi connectivity index (χ4n) is 1.05. The van der Waals surface area contributed by atoms with Gasteiger partial charge in [0.2, 0.25) is 5.91 Å². The topological polar surface area (TPSA) is 105 Å². The lowest BCUT2D eigenvalue weighted by Gasteiger charge is -2.01. The smallest absolute Gasteiger partial charge is 0.355 e. The Labute approximate surface area is 96.5 Å². The summed E-state index contributed by atoms with van der Waals surface area (Å²) in [4.78, 5) is 25.5. The van der Waals surface area contributed by atoms with Crippen LogP contribution in [-0.2, 0) is 11.2 Å². The van der Waals surface area contributed by atoms with Crippen molar-refractivity contribution in [2.45, 2.75) is 12.8 Å². The molecule has 1 amide bonds. The highest BCUT2D eigenvalue weighted by Crippen LogP contribution is 2.09. The minimum absolute atomic E-state index is 0.0493. The molecule has 0 radical (unpaired) electrons. The van der Waals surface area contributed by atoms with Gasteiger partial charge in [-0.2, -0.15) is 0 Å². The monoisotopic (exact) mass is 243 g/mol. The van der Waals surface area contributed by atoms with Crippen molar-refractivity contribution in [3.8, 4) is 0 Å². The van der Waals surface area contributed by atoms with Crippen molar-refractivity contribution < 1.29 is 14.7 Å². The van der Waals surface area contributed by atoms with Gasteiger partial charge < -0.3 is 16.2 Å². The van der Waals surface area contributed by atoms with E-state index in [4.69, 9.17) is 10.8 Å². The summed E-state index contributed by atoms with van der Waals surface area (Å²) >= 11 is 1.27. The van der Waals surface area contributed by atoms with Crippen LogP contribution in [0.2, 0.25) is 0 Å². The average Bonchev–Trinajstić information content (AvgIpc) is 2.67. The third-order valence-electron chi connectivity index (χ3n) is 1.80. The Balaban J connectivity index is 2.32. The molecular formula is C9H13N3O3S. The number of carboxylic acids is 1. The second-order valence-electron chi connectivity index (χ2n) is 3.07. The van der Waals surface area contributed by atoms with Crippen molar-refractivity contribution in [3.63, 3.8) is 0 Å². The van der Waals surface area contributed by atoms with Crippen LogP contribution in [-0.4, -0.2) is 35.1 Å². The molecule has 1 rings (SSSR count). The maximum Gasteiger partial charge on any atom is 0.355 e. The standard InChI is InChI=1S/C9H13N3O3S/c10-3-1-7(13)11-4-2-8-12-6(5-16-8)9(14)15/h5H,1-4,10H2,(H,11,13)(H,14,15). The molecule has 88 valence electrons. The summed E-state index contributed by atoms with van der Waals surface area (Å²) in [6.07, 6.45) is 0.840. The van der Waals surface area contributed by atoms with E-state index >= 15 is 0 Å². The van der Waals surface area contributed by atoms with Gasteiger partial charge >= 0.3 is 5.97 Å². The molecule has 0 unspecified atom stereocenters. The summed E-state index contributed by atoms with van der Waals surface area (Å²) in [5.41, 5.74) is 5.26. The number of nitrogens with zero attached hydrogens (tertiary/aromatic N) is 1. The minimum atomic E-state index is -1.03. The van der Waals surface area contributed by atoms with E-state index < -0.39 is 5.97 Å². The molecule has 0 fully saturated rings. The first-order chi connectivity index (χ1) is 7.63. The van der Waals surface area contributed by atoms with E-state index in [0.29, 0.717) is 30.9 Å². The summed E-state index contributed by atoms with van der Waals surface area (Å²) in [6, 6.07) is 0. The highest BCUT2D eigenvalue weighted by atomic mass is 32.1. The number of carboxylic acid groups (broad SMARTS) is 1. The molecule has 0 aliphatic heterocycles. The molecule has 1 heterocycles. The predicted octanol–water partition coefficient (Wildman–Crippen LogP) is -0.151. The van der Waals surface area contributed by atoms with Crippen LogP contribution in [0.4, 0.5) is 0 Å². The summed E-state index contributed by atoms with van der Waals surface area (Å²) in [6.45, 7) is 0.775. The van der Waals surface area contributed by atoms with Gasteiger partial charge in [-0.1, -0.05) is 0 Å². The number of carbonyl (C=O) groups excluding carboxylic acids is 1. The van der Waals surface area contributed by atoms with Gasteiger partial charge in [-0.05, 0) is 0 Å². The molecule has 16 heavy (non-hydrogen) atoms. The number of rotatable bonds is 6. The maximum absolute atomic E-state index is 11.0. The number of nitrogens with one attached hydrogen (secondary N) is 1. The molecule has 7 heteroatoms. The van der Waals surface area contributed by atoms with Gasteiger partial charge in [-0.15, -0.1) is 11.3 Å². The first-order valence-electron chi connectivity index (χ1n) is 4.78. The number of aromatic nitrogens is 1. The Hall–Kier alpha value is -1.47. The molecule has 0 atom stereocenters. The highest BCUT2D eigenvalue weighted by Gasteiger charge is 2.08. The number of hydrogen-bond acceptors (Lipinski definition) is 5. The minimum Gasteiger partial charge on any atom is -0.476 e. The molecule has 0 spiro atoms. The molecule has 4 N–H and O–H groups in total. The molecule has 1 aromatic rings. The first kappa shape index (κ1) is 12.6. The van der Waals surface area contributed by atoms with Crippen LogP contribution in [0.25, 0.3) is 0 Å². The van der Waals surface area contributed by atoms with Gasteiger partial charge in [0.25, 0.3) is 0 Å². The van der Waals surface area contributed by atoms with E-state index in [1.54, 1.807) is 0 Å². The van der Waals surface area contributed by atoms with Crippen LogP contribution in [0.5, 0.6) is 0 Å². The van der Waals surface area contributed by atoms with Crippen LogP contribution < -0.4 is 11.1 Å². The van der Waals surface area contributed by atoms with Gasteiger partial charge in [-0.25, -0.2) is 9.78 Å². The van der Waals surface area contributed by atoms with Gasteiger partial charge in [-0.3, -0.25) is 4.79 Å². The molecule has 6 nitrogen and oxygen atoms in total. The molecule has 0 bridgehead atoms. The lowest BCUT2D eigenvalue weighted by Crippen LogP contribution is -2.27. The second kappa shape index (κ2) is 6.19. The van der Waals surface area contributed by atoms with Crippen LogP contribution in [0, 0.1) is 0 Å². The summed E-state index contributed by atoms with van der Waals surface area (Å²) in [5, 5.41) is 13.5. The Bertz CT molecular complexity index is 378. The van der Waals surface area contributed by atoms with Gasteiger partial charge in [0.05, 0.1) is 5.01 Å². The first-order valence-corrected chi connectivity index (χ1v) is 5.66. The van der Waals surface area contributed by atoms with Crippen molar-refractivity contribution >= 4 is 23.2 Å². The number of thiazole rings is 1. The zero-order valence-corrected chi connectivity index (χ0v) is 9.42. The molecule has 0 aliphatic rings. The van der Waals surface area contributed by atoms with Crippen LogP contribution >= 0.6 is 11.3 Å². The maximum atomic E-state index is 11.0. The fraction of sp³-hybridized carbons (Fsp3) is 0.444. The molecule has 0 saturated carbocycles.